The summed E-state index contributed by atoms with van der Waals surface area (Å²) in [5, 5.41) is 8.74. The van der Waals surface area contributed by atoms with Crippen LogP contribution < -0.4 is 0 Å². The van der Waals surface area contributed by atoms with E-state index >= 15 is 0 Å². The summed E-state index contributed by atoms with van der Waals surface area (Å²) in [6, 6.07) is 10.1. The van der Waals surface area contributed by atoms with E-state index in [9.17, 15) is 9.59 Å². The lowest BCUT2D eigenvalue weighted by Gasteiger charge is -2.01. The van der Waals surface area contributed by atoms with E-state index in [0.29, 0.717) is 11.3 Å². The number of carbonyl (C=O) groups excluding carboxylic acids is 1. The first-order valence-electron chi connectivity index (χ1n) is 4.95. The highest BCUT2D eigenvalue weighted by molar-refractivity contribution is 5.87. The first kappa shape index (κ1) is 11.0. The highest BCUT2D eigenvalue weighted by Crippen LogP contribution is 2.17. The first-order valence-corrected chi connectivity index (χ1v) is 4.95. The molecule has 0 unspecified atom stereocenters. The number of rotatable bonds is 3. The van der Waals surface area contributed by atoms with Crippen LogP contribution in [0.25, 0.3) is 11.3 Å². The van der Waals surface area contributed by atoms with Crippen molar-refractivity contribution in [3.63, 3.8) is 0 Å². The van der Waals surface area contributed by atoms with Gasteiger partial charge in [0.15, 0.2) is 0 Å². The minimum atomic E-state index is -1.01. The van der Waals surface area contributed by atoms with Crippen molar-refractivity contribution in [3.05, 3.63) is 53.7 Å². The first-order chi connectivity index (χ1) is 8.20. The molecule has 0 aliphatic heterocycles. The van der Waals surface area contributed by atoms with Crippen molar-refractivity contribution in [3.8, 4) is 11.3 Å². The van der Waals surface area contributed by atoms with Crippen LogP contribution in [0.5, 0.6) is 0 Å². The van der Waals surface area contributed by atoms with Gasteiger partial charge in [-0.25, -0.2) is 4.79 Å². The van der Waals surface area contributed by atoms with Crippen molar-refractivity contribution in [2.75, 3.05) is 0 Å². The summed E-state index contributed by atoms with van der Waals surface area (Å²) in [6.07, 6.45) is 2.06. The fourth-order valence-electron chi connectivity index (χ4n) is 1.46. The Labute approximate surface area is 97.6 Å². The maximum Gasteiger partial charge on any atom is 0.337 e. The number of hydrogen-bond acceptors (Lipinski definition) is 3. The molecule has 2 rings (SSSR count). The van der Waals surface area contributed by atoms with Gasteiger partial charge < -0.3 is 5.11 Å². The topological polar surface area (TPSA) is 67.3 Å². The number of aromatic carboxylic acids is 1. The molecule has 0 saturated carbocycles. The standard InChI is InChI=1S/C13H9NO3/c15-8-9-2-1-3-10(6-9)12-5-4-11(7-14-12)13(16)17/h1-8H,(H,16,17). The van der Waals surface area contributed by atoms with Gasteiger partial charge in [0.05, 0.1) is 11.3 Å². The van der Waals surface area contributed by atoms with Crippen LogP contribution in [-0.4, -0.2) is 22.3 Å². The van der Waals surface area contributed by atoms with Gasteiger partial charge in [-0.2, -0.15) is 0 Å². The Morgan fingerprint density at radius 1 is 1.24 bits per heavy atom. The van der Waals surface area contributed by atoms with Crippen LogP contribution in [0.3, 0.4) is 0 Å². The number of benzene rings is 1. The second-order valence-corrected chi connectivity index (χ2v) is 3.48. The number of carbonyl (C=O) groups is 2. The molecule has 1 aromatic carbocycles. The molecule has 17 heavy (non-hydrogen) atoms. The Bertz CT molecular complexity index is 561. The number of carboxylic acid groups (broad SMARTS) is 1. The van der Waals surface area contributed by atoms with E-state index < -0.39 is 5.97 Å². The van der Waals surface area contributed by atoms with Crippen LogP contribution >= 0.6 is 0 Å². The molecule has 4 nitrogen and oxygen atoms in total. The van der Waals surface area contributed by atoms with Gasteiger partial charge in [0.2, 0.25) is 0 Å². The zero-order valence-corrected chi connectivity index (χ0v) is 8.83. The molecule has 4 heteroatoms. The molecular formula is C13H9NO3. The summed E-state index contributed by atoms with van der Waals surface area (Å²) >= 11 is 0. The number of aldehydes is 1. The van der Waals surface area contributed by atoms with E-state index in [-0.39, 0.29) is 5.56 Å². The van der Waals surface area contributed by atoms with E-state index in [1.165, 1.54) is 12.3 Å². The van der Waals surface area contributed by atoms with Gasteiger partial charge >= 0.3 is 5.97 Å². The third kappa shape index (κ3) is 2.36. The summed E-state index contributed by atoms with van der Waals surface area (Å²) in [5.41, 5.74) is 2.12. The fourth-order valence-corrected chi connectivity index (χ4v) is 1.46. The molecular weight excluding hydrogens is 218 g/mol. The normalized spacial score (nSPS) is 9.88. The van der Waals surface area contributed by atoms with Gasteiger partial charge in [0, 0.05) is 17.3 Å². The Kier molecular flexibility index (Phi) is 2.96. The van der Waals surface area contributed by atoms with Gasteiger partial charge in [-0.1, -0.05) is 18.2 Å². The summed E-state index contributed by atoms with van der Waals surface area (Å²) in [5.74, 6) is -1.01. The van der Waals surface area contributed by atoms with Crippen molar-refractivity contribution in [1.82, 2.24) is 4.98 Å². The quantitative estimate of drug-likeness (QED) is 0.816. The average molecular weight is 227 g/mol. The highest BCUT2D eigenvalue weighted by Gasteiger charge is 2.04. The van der Waals surface area contributed by atoms with Crippen molar-refractivity contribution in [2.45, 2.75) is 0 Å². The Morgan fingerprint density at radius 3 is 2.65 bits per heavy atom. The van der Waals surface area contributed by atoms with Crippen molar-refractivity contribution >= 4 is 12.3 Å². The number of nitrogens with zero attached hydrogens (tertiary/aromatic N) is 1. The van der Waals surface area contributed by atoms with Gasteiger partial charge in [0.1, 0.15) is 6.29 Å². The minimum absolute atomic E-state index is 0.139. The second kappa shape index (κ2) is 4.57. The molecule has 2 aromatic rings. The average Bonchev–Trinajstić information content (AvgIpc) is 2.39. The molecule has 0 radical (unpaired) electrons. The third-order valence-electron chi connectivity index (χ3n) is 2.33. The van der Waals surface area contributed by atoms with Crippen LogP contribution in [0.15, 0.2) is 42.6 Å². The third-order valence-corrected chi connectivity index (χ3v) is 2.33. The van der Waals surface area contributed by atoms with Crippen LogP contribution in [0.1, 0.15) is 20.7 Å². The Hall–Kier alpha value is -2.49. The molecule has 0 atom stereocenters. The van der Waals surface area contributed by atoms with Crippen LogP contribution in [0.2, 0.25) is 0 Å². The molecule has 84 valence electrons. The summed E-state index contributed by atoms with van der Waals surface area (Å²) < 4.78 is 0. The van der Waals surface area contributed by atoms with Crippen molar-refractivity contribution in [2.24, 2.45) is 0 Å². The number of aromatic nitrogens is 1. The Balaban J connectivity index is 2.39. The largest absolute Gasteiger partial charge is 0.478 e. The smallest absolute Gasteiger partial charge is 0.337 e. The molecule has 0 amide bonds. The van der Waals surface area contributed by atoms with Crippen molar-refractivity contribution in [1.29, 1.82) is 0 Å². The molecule has 0 fully saturated rings. The predicted octanol–water partition coefficient (Wildman–Crippen LogP) is 2.26. The lowest BCUT2D eigenvalue weighted by Crippen LogP contribution is -1.97. The predicted molar refractivity (Wildman–Crippen MR) is 62.0 cm³/mol. The molecule has 0 aliphatic carbocycles. The Morgan fingerprint density at radius 2 is 2.06 bits per heavy atom. The van der Waals surface area contributed by atoms with E-state index in [2.05, 4.69) is 4.98 Å². The number of carboxylic acids is 1. The molecule has 0 saturated heterocycles. The monoisotopic (exact) mass is 227 g/mol. The summed E-state index contributed by atoms with van der Waals surface area (Å²) in [4.78, 5) is 25.3. The molecule has 0 bridgehead atoms. The van der Waals surface area contributed by atoms with E-state index in [0.717, 1.165) is 11.8 Å². The molecule has 0 spiro atoms. The zero-order chi connectivity index (χ0) is 12.3. The maximum absolute atomic E-state index is 10.7. The van der Waals surface area contributed by atoms with E-state index in [4.69, 9.17) is 5.11 Å². The fraction of sp³-hybridized carbons (Fsp3) is 0. The zero-order valence-electron chi connectivity index (χ0n) is 8.83. The van der Waals surface area contributed by atoms with E-state index in [1.807, 2.05) is 6.07 Å². The van der Waals surface area contributed by atoms with E-state index in [1.54, 1.807) is 24.3 Å². The highest BCUT2D eigenvalue weighted by atomic mass is 16.4. The lowest BCUT2D eigenvalue weighted by molar-refractivity contribution is 0.0696. The minimum Gasteiger partial charge on any atom is -0.478 e. The van der Waals surface area contributed by atoms with Crippen molar-refractivity contribution < 1.29 is 14.7 Å². The molecule has 1 heterocycles. The number of hydrogen-bond donors (Lipinski definition) is 1. The SMILES string of the molecule is O=Cc1cccc(-c2ccc(C(=O)O)cn2)c1. The molecule has 1 aromatic heterocycles. The van der Waals surface area contributed by atoms with Crippen LogP contribution in [0, 0.1) is 0 Å². The van der Waals surface area contributed by atoms with Crippen LogP contribution in [-0.2, 0) is 0 Å². The lowest BCUT2D eigenvalue weighted by atomic mass is 10.1. The van der Waals surface area contributed by atoms with Gasteiger partial charge in [-0.3, -0.25) is 9.78 Å². The number of pyridine rings is 1. The summed E-state index contributed by atoms with van der Waals surface area (Å²) in [6.45, 7) is 0. The maximum atomic E-state index is 10.7. The molecule has 0 aliphatic rings. The van der Waals surface area contributed by atoms with Gasteiger partial charge in [0.25, 0.3) is 0 Å². The van der Waals surface area contributed by atoms with Gasteiger partial charge in [-0.15, -0.1) is 0 Å². The van der Waals surface area contributed by atoms with Crippen LogP contribution in [0.4, 0.5) is 0 Å². The molecule has 1 N–H and O–H groups in total. The van der Waals surface area contributed by atoms with Gasteiger partial charge in [-0.05, 0) is 18.2 Å². The summed E-state index contributed by atoms with van der Waals surface area (Å²) in [7, 11) is 0. The second-order valence-electron chi connectivity index (χ2n) is 3.48.